The van der Waals surface area contributed by atoms with E-state index < -0.39 is 0 Å². The summed E-state index contributed by atoms with van der Waals surface area (Å²) in [4.78, 5) is 7.01. The largest absolute Gasteiger partial charge is 0.378 e. The lowest BCUT2D eigenvalue weighted by molar-refractivity contribution is 0.121. The second-order valence-electron chi connectivity index (χ2n) is 8.22. The van der Waals surface area contributed by atoms with Gasteiger partial charge in [-0.3, -0.25) is 4.90 Å². The van der Waals surface area contributed by atoms with E-state index in [-0.39, 0.29) is 6.04 Å². The molecule has 0 radical (unpaired) electrons. The summed E-state index contributed by atoms with van der Waals surface area (Å²) in [6.07, 6.45) is 0.911. The minimum atomic E-state index is 0.0562. The molecule has 4 rings (SSSR count). The average molecular weight is 406 g/mol. The Morgan fingerprint density at radius 1 is 0.933 bits per heavy atom. The Labute approximate surface area is 178 Å². The zero-order valence-corrected chi connectivity index (χ0v) is 18.1. The Kier molecular flexibility index (Phi) is 6.40. The molecule has 1 saturated heterocycles. The molecule has 1 aromatic heterocycles. The Balaban J connectivity index is 1.62. The zero-order valence-electron chi connectivity index (χ0n) is 18.1. The van der Waals surface area contributed by atoms with E-state index in [1.807, 2.05) is 10.7 Å². The highest BCUT2D eigenvalue weighted by Crippen LogP contribution is 2.29. The Morgan fingerprint density at radius 3 is 2.30 bits per heavy atom. The van der Waals surface area contributed by atoms with E-state index in [9.17, 15) is 0 Å². The molecule has 158 valence electrons. The van der Waals surface area contributed by atoms with Gasteiger partial charge in [0.05, 0.1) is 6.04 Å². The monoisotopic (exact) mass is 405 g/mol. The molecule has 0 saturated carbocycles. The van der Waals surface area contributed by atoms with E-state index in [0.29, 0.717) is 0 Å². The van der Waals surface area contributed by atoms with Gasteiger partial charge >= 0.3 is 0 Å². The second kappa shape index (κ2) is 9.36. The molecule has 0 bridgehead atoms. The van der Waals surface area contributed by atoms with Crippen molar-refractivity contribution in [3.05, 3.63) is 71.5 Å². The van der Waals surface area contributed by atoms with Crippen molar-refractivity contribution in [1.82, 2.24) is 30.0 Å². The minimum absolute atomic E-state index is 0.0562. The maximum atomic E-state index is 4.49. The number of tetrazole rings is 1. The van der Waals surface area contributed by atoms with Crippen LogP contribution in [0.5, 0.6) is 0 Å². The molecule has 3 aromatic rings. The van der Waals surface area contributed by atoms with Crippen LogP contribution in [0.1, 0.15) is 23.0 Å². The lowest BCUT2D eigenvalue weighted by Crippen LogP contribution is -2.46. The molecule has 7 heteroatoms. The molecule has 2 aromatic carbocycles. The second-order valence-corrected chi connectivity index (χ2v) is 8.22. The molecule has 0 spiro atoms. The first-order chi connectivity index (χ1) is 14.6. The van der Waals surface area contributed by atoms with Gasteiger partial charge in [0.2, 0.25) is 0 Å². The van der Waals surface area contributed by atoms with E-state index in [2.05, 4.69) is 99.9 Å². The van der Waals surface area contributed by atoms with Gasteiger partial charge < -0.3 is 9.80 Å². The lowest BCUT2D eigenvalue weighted by atomic mass is 10.0. The number of benzene rings is 2. The first kappa shape index (κ1) is 20.5. The highest BCUT2D eigenvalue weighted by molar-refractivity contribution is 5.47. The van der Waals surface area contributed by atoms with E-state index in [1.165, 1.54) is 16.8 Å². The predicted octanol–water partition coefficient (Wildman–Crippen LogP) is 2.32. The minimum Gasteiger partial charge on any atom is -0.378 e. The van der Waals surface area contributed by atoms with Crippen molar-refractivity contribution in [3.8, 4) is 0 Å². The summed E-state index contributed by atoms with van der Waals surface area (Å²) in [6.45, 7) is 4.88. The van der Waals surface area contributed by atoms with Crippen molar-refractivity contribution in [2.24, 2.45) is 0 Å². The number of aromatic nitrogens is 4. The van der Waals surface area contributed by atoms with Crippen molar-refractivity contribution in [2.45, 2.75) is 19.0 Å². The highest BCUT2D eigenvalue weighted by Gasteiger charge is 2.29. The number of piperazine rings is 1. The van der Waals surface area contributed by atoms with Crippen LogP contribution in [0.2, 0.25) is 0 Å². The third-order valence-electron chi connectivity index (χ3n) is 5.89. The van der Waals surface area contributed by atoms with Gasteiger partial charge in [-0.15, -0.1) is 5.10 Å². The molecular weight excluding hydrogens is 374 g/mol. The van der Waals surface area contributed by atoms with Gasteiger partial charge in [0.1, 0.15) is 0 Å². The topological polar surface area (TPSA) is 53.3 Å². The van der Waals surface area contributed by atoms with Crippen molar-refractivity contribution in [2.75, 3.05) is 52.2 Å². The number of likely N-dealkylation sites (N-methyl/N-ethyl adjacent to an activating group) is 1. The summed E-state index contributed by atoms with van der Waals surface area (Å²) < 4.78 is 1.98. The third-order valence-corrected chi connectivity index (χ3v) is 5.89. The van der Waals surface area contributed by atoms with Gasteiger partial charge in [0, 0.05) is 52.5 Å². The SMILES string of the molecule is CN1CCN([C@H](c2ccc(N(C)C)cc2)c2nnnn2CCc2ccccc2)CC1. The predicted molar refractivity (Wildman–Crippen MR) is 120 cm³/mol. The van der Waals surface area contributed by atoms with Crippen LogP contribution >= 0.6 is 0 Å². The van der Waals surface area contributed by atoms with Crippen LogP contribution in [0.3, 0.4) is 0 Å². The molecule has 0 unspecified atom stereocenters. The summed E-state index contributed by atoms with van der Waals surface area (Å²) >= 11 is 0. The van der Waals surface area contributed by atoms with Crippen LogP contribution < -0.4 is 4.90 Å². The summed E-state index contributed by atoms with van der Waals surface area (Å²) in [7, 11) is 6.32. The Hall–Kier alpha value is -2.77. The summed E-state index contributed by atoms with van der Waals surface area (Å²) in [5.74, 6) is 0.924. The fourth-order valence-electron chi connectivity index (χ4n) is 4.00. The maximum absolute atomic E-state index is 4.49. The number of aryl methyl sites for hydroxylation is 2. The molecule has 1 atom stereocenters. The average Bonchev–Trinajstić information content (AvgIpc) is 3.23. The molecule has 1 aliphatic heterocycles. The molecule has 1 fully saturated rings. The van der Waals surface area contributed by atoms with Gasteiger partial charge in [0.15, 0.2) is 5.82 Å². The summed E-state index contributed by atoms with van der Waals surface area (Å²) in [6, 6.07) is 19.4. The van der Waals surface area contributed by atoms with Gasteiger partial charge in [-0.05, 0) is 47.2 Å². The van der Waals surface area contributed by atoms with E-state index >= 15 is 0 Å². The van der Waals surface area contributed by atoms with Gasteiger partial charge in [0.25, 0.3) is 0 Å². The standard InChI is InChI=1S/C23H31N7/c1-27(2)21-11-9-20(10-12-21)22(29-17-15-28(3)16-18-29)23-24-25-26-30(23)14-13-19-7-5-4-6-8-19/h4-12,22H,13-18H2,1-3H3/t22-/m1/s1. The number of hydrogen-bond acceptors (Lipinski definition) is 6. The molecule has 30 heavy (non-hydrogen) atoms. The van der Waals surface area contributed by atoms with Crippen LogP contribution in [0.4, 0.5) is 5.69 Å². The molecule has 0 aliphatic carbocycles. The fourth-order valence-corrected chi connectivity index (χ4v) is 4.00. The summed E-state index contributed by atoms with van der Waals surface area (Å²) in [5, 5.41) is 12.9. The molecule has 1 aliphatic rings. The first-order valence-electron chi connectivity index (χ1n) is 10.6. The van der Waals surface area contributed by atoms with Crippen LogP contribution in [-0.4, -0.2) is 77.3 Å². The number of nitrogens with zero attached hydrogens (tertiary/aromatic N) is 7. The van der Waals surface area contributed by atoms with Crippen LogP contribution in [0.15, 0.2) is 54.6 Å². The van der Waals surface area contributed by atoms with Crippen LogP contribution in [0, 0.1) is 0 Å². The summed E-state index contributed by atoms with van der Waals surface area (Å²) in [5.41, 5.74) is 3.73. The van der Waals surface area contributed by atoms with Crippen molar-refractivity contribution < 1.29 is 0 Å². The molecule has 2 heterocycles. The zero-order chi connectivity index (χ0) is 20.9. The van der Waals surface area contributed by atoms with Gasteiger partial charge in [-0.25, -0.2) is 4.68 Å². The smallest absolute Gasteiger partial charge is 0.173 e. The van der Waals surface area contributed by atoms with Gasteiger partial charge in [-0.2, -0.15) is 0 Å². The Morgan fingerprint density at radius 2 is 1.63 bits per heavy atom. The molecule has 0 amide bonds. The van der Waals surface area contributed by atoms with E-state index in [1.54, 1.807) is 0 Å². The highest BCUT2D eigenvalue weighted by atomic mass is 15.6. The number of anilines is 1. The van der Waals surface area contributed by atoms with Crippen molar-refractivity contribution >= 4 is 5.69 Å². The van der Waals surface area contributed by atoms with Crippen molar-refractivity contribution in [3.63, 3.8) is 0 Å². The lowest BCUT2D eigenvalue weighted by Gasteiger charge is -2.37. The molecule has 0 N–H and O–H groups in total. The molecule has 7 nitrogen and oxygen atoms in total. The van der Waals surface area contributed by atoms with Crippen LogP contribution in [-0.2, 0) is 13.0 Å². The van der Waals surface area contributed by atoms with E-state index in [4.69, 9.17) is 0 Å². The number of rotatable bonds is 7. The normalized spacial score (nSPS) is 16.5. The van der Waals surface area contributed by atoms with Crippen molar-refractivity contribution in [1.29, 1.82) is 0 Å². The fraction of sp³-hybridized carbons (Fsp3) is 0.435. The molecular formula is C23H31N7. The quantitative estimate of drug-likeness (QED) is 0.601. The first-order valence-corrected chi connectivity index (χ1v) is 10.6. The van der Waals surface area contributed by atoms with E-state index in [0.717, 1.165) is 45.0 Å². The Bertz CT molecular complexity index is 912. The maximum Gasteiger partial charge on any atom is 0.173 e. The van der Waals surface area contributed by atoms with Gasteiger partial charge in [-0.1, -0.05) is 42.5 Å². The third kappa shape index (κ3) is 4.68. The van der Waals surface area contributed by atoms with Crippen LogP contribution in [0.25, 0.3) is 0 Å². The number of hydrogen-bond donors (Lipinski definition) is 0.